The van der Waals surface area contributed by atoms with Crippen LogP contribution >= 0.6 is 0 Å². The highest BCUT2D eigenvalue weighted by atomic mass is 15.1. The maximum atomic E-state index is 3.94. The smallest absolute Gasteiger partial charge is 0.0466 e. The minimum Gasteiger partial charge on any atom is -0.388 e. The van der Waals surface area contributed by atoms with Crippen LogP contribution in [0.5, 0.6) is 0 Å². The van der Waals surface area contributed by atoms with Gasteiger partial charge in [0.1, 0.15) is 0 Å². The number of nitrogens with one attached hydrogen (secondary N) is 1. The van der Waals surface area contributed by atoms with E-state index in [0.29, 0.717) is 0 Å². The number of hydrogen-bond acceptors (Lipinski definition) is 2. The lowest BCUT2D eigenvalue weighted by Gasteiger charge is -2.27. The lowest BCUT2D eigenvalue weighted by atomic mass is 9.80. The summed E-state index contributed by atoms with van der Waals surface area (Å²) in [5.41, 5.74) is 15.8. The van der Waals surface area contributed by atoms with E-state index in [1.54, 1.807) is 0 Å². The second kappa shape index (κ2) is 20.4. The van der Waals surface area contributed by atoms with E-state index in [9.17, 15) is 0 Å². The fraction of sp³-hybridized carbons (Fsp3) is 0.216. The third kappa shape index (κ3) is 12.0. The van der Waals surface area contributed by atoms with Gasteiger partial charge in [-0.15, -0.1) is 6.58 Å². The Morgan fingerprint density at radius 3 is 1.96 bits per heavy atom. The molecule has 274 valence electrons. The summed E-state index contributed by atoms with van der Waals surface area (Å²) < 4.78 is 0. The Kier molecular flexibility index (Phi) is 16.1. The minimum absolute atomic E-state index is 0.00161. The summed E-state index contributed by atoms with van der Waals surface area (Å²) >= 11 is 0. The zero-order chi connectivity index (χ0) is 39.0. The van der Waals surface area contributed by atoms with Crippen molar-refractivity contribution in [3.8, 4) is 0 Å². The third-order valence-electron chi connectivity index (χ3n) is 9.25. The molecule has 0 amide bonds. The first-order chi connectivity index (χ1) is 25.4. The van der Waals surface area contributed by atoms with Crippen molar-refractivity contribution in [2.45, 2.75) is 67.2 Å². The molecule has 5 rings (SSSR count). The highest BCUT2D eigenvalue weighted by molar-refractivity contribution is 5.81. The van der Waals surface area contributed by atoms with Crippen LogP contribution in [0.25, 0.3) is 11.6 Å². The summed E-state index contributed by atoms with van der Waals surface area (Å²) in [6.45, 7) is 28.7. The fourth-order valence-electron chi connectivity index (χ4n) is 6.19. The standard InChI is InChI=1S/C27H30N2.C17H22.C7H8/c1-7-22(8-2)23-9-11-24(12-10-23)29(26-16-19(3)15-20(4)17-26)25-13-14-27(28-6)21(5)18-25;1-6-8-9-12-15-14(3)11-10-13-16(15)17(4,5)7-2;1-7-5-3-2-4-6-7/h7-18,28H,1H2,2-6H3;6-13H,2H2,1,3-5H3;2-5H,1,6H2/b22-8+;8-6-,12-9-;. The normalized spacial score (nSPS) is 12.5. The summed E-state index contributed by atoms with van der Waals surface area (Å²) in [6, 6.07) is 28.4. The topological polar surface area (TPSA) is 15.3 Å². The van der Waals surface area contributed by atoms with Crippen LogP contribution in [0.3, 0.4) is 0 Å². The molecule has 0 radical (unpaired) electrons. The summed E-state index contributed by atoms with van der Waals surface area (Å²) in [5, 5.41) is 3.26. The quantitative estimate of drug-likeness (QED) is 0.131. The van der Waals surface area contributed by atoms with Crippen molar-refractivity contribution in [1.29, 1.82) is 0 Å². The van der Waals surface area contributed by atoms with Crippen molar-refractivity contribution in [1.82, 2.24) is 0 Å². The van der Waals surface area contributed by atoms with Crippen molar-refractivity contribution < 1.29 is 0 Å². The molecule has 1 aliphatic rings. The number of anilines is 4. The van der Waals surface area contributed by atoms with Crippen molar-refractivity contribution in [3.05, 3.63) is 204 Å². The Morgan fingerprint density at radius 2 is 1.45 bits per heavy atom. The molecule has 0 aromatic heterocycles. The molecule has 2 heteroatoms. The number of benzene rings is 4. The summed E-state index contributed by atoms with van der Waals surface area (Å²) in [6.07, 6.45) is 23.5. The van der Waals surface area contributed by atoms with Crippen LogP contribution in [0.1, 0.15) is 73.1 Å². The maximum Gasteiger partial charge on any atom is 0.0466 e. The van der Waals surface area contributed by atoms with Gasteiger partial charge in [0.2, 0.25) is 0 Å². The predicted molar refractivity (Wildman–Crippen MR) is 239 cm³/mol. The Balaban J connectivity index is 0.000000263. The van der Waals surface area contributed by atoms with Crippen LogP contribution in [-0.4, -0.2) is 7.05 Å². The summed E-state index contributed by atoms with van der Waals surface area (Å²) in [7, 11) is 1.96. The number of nitrogens with zero attached hydrogens (tertiary/aromatic N) is 1. The van der Waals surface area contributed by atoms with E-state index in [4.69, 9.17) is 0 Å². The van der Waals surface area contributed by atoms with E-state index in [2.05, 4.69) is 181 Å². The second-order valence-electron chi connectivity index (χ2n) is 13.9. The molecular formula is C51H60N2. The lowest BCUT2D eigenvalue weighted by Crippen LogP contribution is -2.15. The molecule has 0 aliphatic heterocycles. The molecule has 0 heterocycles. The molecule has 0 unspecified atom stereocenters. The van der Waals surface area contributed by atoms with Gasteiger partial charge in [0.25, 0.3) is 0 Å². The fourth-order valence-corrected chi connectivity index (χ4v) is 6.19. The zero-order valence-electron chi connectivity index (χ0n) is 33.6. The van der Waals surface area contributed by atoms with E-state index in [1.165, 1.54) is 50.2 Å². The molecule has 1 N–H and O–H groups in total. The van der Waals surface area contributed by atoms with Crippen molar-refractivity contribution in [2.75, 3.05) is 17.3 Å². The van der Waals surface area contributed by atoms with E-state index in [0.717, 1.165) is 29.1 Å². The summed E-state index contributed by atoms with van der Waals surface area (Å²) in [5.74, 6) is 0. The van der Waals surface area contributed by atoms with Gasteiger partial charge in [0, 0.05) is 35.2 Å². The van der Waals surface area contributed by atoms with Crippen LogP contribution in [-0.2, 0) is 5.41 Å². The van der Waals surface area contributed by atoms with Gasteiger partial charge in [-0.25, -0.2) is 0 Å². The second-order valence-corrected chi connectivity index (χ2v) is 13.9. The van der Waals surface area contributed by atoms with Gasteiger partial charge in [-0.3, -0.25) is 0 Å². The third-order valence-corrected chi connectivity index (χ3v) is 9.25. The Labute approximate surface area is 321 Å². The Morgan fingerprint density at radius 1 is 0.774 bits per heavy atom. The molecule has 1 aliphatic carbocycles. The van der Waals surface area contributed by atoms with E-state index < -0.39 is 0 Å². The molecule has 0 saturated heterocycles. The Bertz CT molecular complexity index is 1990. The minimum atomic E-state index is 0.00161. The van der Waals surface area contributed by atoms with Gasteiger partial charge in [-0.1, -0.05) is 136 Å². The lowest BCUT2D eigenvalue weighted by molar-refractivity contribution is 0.669. The Hall–Kier alpha value is -5.60. The molecule has 4 aromatic carbocycles. The van der Waals surface area contributed by atoms with Crippen molar-refractivity contribution in [2.24, 2.45) is 0 Å². The van der Waals surface area contributed by atoms with Crippen molar-refractivity contribution in [3.63, 3.8) is 0 Å². The highest BCUT2D eigenvalue weighted by Gasteiger charge is 2.19. The average molecular weight is 701 g/mol. The van der Waals surface area contributed by atoms with Gasteiger partial charge in [-0.2, -0.15) is 0 Å². The van der Waals surface area contributed by atoms with Gasteiger partial charge < -0.3 is 10.2 Å². The molecule has 53 heavy (non-hydrogen) atoms. The number of allylic oxidation sites excluding steroid dienone is 12. The van der Waals surface area contributed by atoms with Gasteiger partial charge in [-0.05, 0) is 135 Å². The molecule has 2 nitrogen and oxygen atoms in total. The molecular weight excluding hydrogens is 641 g/mol. The zero-order valence-corrected chi connectivity index (χ0v) is 33.6. The van der Waals surface area contributed by atoms with E-state index in [1.807, 2.05) is 57.4 Å². The predicted octanol–water partition coefficient (Wildman–Crippen LogP) is 14.8. The van der Waals surface area contributed by atoms with Gasteiger partial charge in [0.05, 0.1) is 0 Å². The monoisotopic (exact) mass is 700 g/mol. The highest BCUT2D eigenvalue weighted by Crippen LogP contribution is 2.37. The number of aryl methyl sites for hydroxylation is 4. The molecule has 0 fully saturated rings. The first-order valence-corrected chi connectivity index (χ1v) is 18.5. The van der Waals surface area contributed by atoms with Crippen LogP contribution in [0.2, 0.25) is 0 Å². The van der Waals surface area contributed by atoms with Crippen LogP contribution in [0.15, 0.2) is 165 Å². The molecule has 0 atom stereocenters. The SMILES string of the molecule is C=C/C(=C\C)c1ccc(N(c2cc(C)cc(C)c2)c2ccc(NC)c(C)c2)cc1.C=C1C=CC=CC1.C=CC(C)(C)c1cccc(C)c1/C=C\C=C/C. The van der Waals surface area contributed by atoms with Crippen LogP contribution < -0.4 is 10.2 Å². The number of hydrogen-bond donors (Lipinski definition) is 1. The first-order valence-electron chi connectivity index (χ1n) is 18.5. The number of rotatable bonds is 10. The maximum absolute atomic E-state index is 3.94. The van der Waals surface area contributed by atoms with Gasteiger partial charge >= 0.3 is 0 Å². The van der Waals surface area contributed by atoms with Crippen LogP contribution in [0.4, 0.5) is 22.7 Å². The van der Waals surface area contributed by atoms with E-state index >= 15 is 0 Å². The average Bonchev–Trinajstić information content (AvgIpc) is 3.14. The largest absolute Gasteiger partial charge is 0.388 e. The first kappa shape index (κ1) is 41.8. The molecule has 0 spiro atoms. The van der Waals surface area contributed by atoms with Crippen molar-refractivity contribution >= 4 is 34.4 Å². The molecule has 0 bridgehead atoms. The summed E-state index contributed by atoms with van der Waals surface area (Å²) in [4.78, 5) is 2.32. The van der Waals surface area contributed by atoms with Gasteiger partial charge in [0.15, 0.2) is 0 Å². The molecule has 0 saturated carbocycles. The molecule has 4 aromatic rings. The van der Waals surface area contributed by atoms with E-state index in [-0.39, 0.29) is 5.41 Å². The van der Waals surface area contributed by atoms with Crippen LogP contribution in [0, 0.1) is 27.7 Å².